The second-order valence-electron chi connectivity index (χ2n) is 2.33. The number of pyridine rings is 1. The maximum atomic E-state index is 12.3. The highest BCUT2D eigenvalue weighted by atomic mass is 19.1. The summed E-state index contributed by atoms with van der Waals surface area (Å²) in [5.74, 6) is -0.690. The second kappa shape index (κ2) is 3.92. The zero-order valence-corrected chi connectivity index (χ0v) is 6.46. The van der Waals surface area contributed by atoms with Crippen molar-refractivity contribution < 1.29 is 9.18 Å². The van der Waals surface area contributed by atoms with E-state index >= 15 is 0 Å². The fraction of sp³-hybridized carbons (Fsp3) is 0.250. The van der Waals surface area contributed by atoms with Gasteiger partial charge in [-0.1, -0.05) is 0 Å². The standard InChI is InChI=1S/C8H9FN2O/c9-8-2-1-6(5-11-8)7(12)3-4-10/h1-2,5H,3-4,10H2. The minimum absolute atomic E-state index is 0.106. The van der Waals surface area contributed by atoms with Crippen LogP contribution in [0.25, 0.3) is 0 Å². The summed E-state index contributed by atoms with van der Waals surface area (Å²) in [5, 5.41) is 0. The molecule has 0 bridgehead atoms. The van der Waals surface area contributed by atoms with Crippen LogP contribution in [0.5, 0.6) is 0 Å². The first-order chi connectivity index (χ1) is 5.74. The molecule has 0 aromatic carbocycles. The lowest BCUT2D eigenvalue weighted by molar-refractivity contribution is 0.0985. The lowest BCUT2D eigenvalue weighted by Gasteiger charge is -1.96. The van der Waals surface area contributed by atoms with Crippen LogP contribution in [0.15, 0.2) is 18.3 Å². The van der Waals surface area contributed by atoms with Gasteiger partial charge in [-0.3, -0.25) is 4.79 Å². The molecule has 1 aromatic rings. The summed E-state index contributed by atoms with van der Waals surface area (Å²) in [6, 6.07) is 2.56. The van der Waals surface area contributed by atoms with Crippen LogP contribution in [0.4, 0.5) is 4.39 Å². The molecule has 2 N–H and O–H groups in total. The van der Waals surface area contributed by atoms with Crippen LogP contribution in [0, 0.1) is 5.95 Å². The van der Waals surface area contributed by atoms with Gasteiger partial charge in [0.05, 0.1) is 0 Å². The summed E-state index contributed by atoms with van der Waals surface area (Å²) in [4.78, 5) is 14.5. The molecule has 0 saturated carbocycles. The average Bonchev–Trinajstić information content (AvgIpc) is 2.06. The summed E-state index contributed by atoms with van der Waals surface area (Å²) in [6.07, 6.45) is 1.49. The largest absolute Gasteiger partial charge is 0.330 e. The molecule has 0 fully saturated rings. The van der Waals surface area contributed by atoms with E-state index in [4.69, 9.17) is 5.73 Å². The zero-order valence-electron chi connectivity index (χ0n) is 6.46. The van der Waals surface area contributed by atoms with Crippen LogP contribution >= 0.6 is 0 Å². The Labute approximate surface area is 69.4 Å². The molecule has 1 aromatic heterocycles. The SMILES string of the molecule is NCCC(=O)c1ccc(F)nc1. The summed E-state index contributed by atoms with van der Waals surface area (Å²) >= 11 is 0. The molecule has 0 aliphatic carbocycles. The monoisotopic (exact) mass is 168 g/mol. The third-order valence-corrected chi connectivity index (χ3v) is 1.42. The number of nitrogens with two attached hydrogens (primary N) is 1. The first kappa shape index (κ1) is 8.80. The highest BCUT2D eigenvalue weighted by Gasteiger charge is 2.04. The Kier molecular flexibility index (Phi) is 2.88. The number of hydrogen-bond acceptors (Lipinski definition) is 3. The predicted octanol–water partition coefficient (Wildman–Crippen LogP) is 0.752. The van der Waals surface area contributed by atoms with Crippen LogP contribution < -0.4 is 5.73 Å². The third-order valence-electron chi connectivity index (χ3n) is 1.42. The van der Waals surface area contributed by atoms with E-state index in [9.17, 15) is 9.18 Å². The Balaban J connectivity index is 2.75. The molecule has 1 rings (SSSR count). The van der Waals surface area contributed by atoms with Gasteiger partial charge < -0.3 is 5.73 Å². The highest BCUT2D eigenvalue weighted by molar-refractivity contribution is 5.95. The number of ketones is 1. The average molecular weight is 168 g/mol. The van der Waals surface area contributed by atoms with E-state index in [1.54, 1.807) is 0 Å². The van der Waals surface area contributed by atoms with E-state index in [2.05, 4.69) is 4.98 Å². The maximum Gasteiger partial charge on any atom is 0.212 e. The van der Waals surface area contributed by atoms with Gasteiger partial charge in [0.2, 0.25) is 5.95 Å². The fourth-order valence-corrected chi connectivity index (χ4v) is 0.816. The minimum atomic E-state index is -0.584. The van der Waals surface area contributed by atoms with E-state index in [0.717, 1.165) is 6.07 Å². The van der Waals surface area contributed by atoms with E-state index in [-0.39, 0.29) is 12.2 Å². The number of rotatable bonds is 3. The smallest absolute Gasteiger partial charge is 0.212 e. The maximum absolute atomic E-state index is 12.3. The van der Waals surface area contributed by atoms with Gasteiger partial charge in [0, 0.05) is 18.2 Å². The number of nitrogens with zero attached hydrogens (tertiary/aromatic N) is 1. The molecular weight excluding hydrogens is 159 g/mol. The third kappa shape index (κ3) is 2.10. The molecule has 0 spiro atoms. The lowest BCUT2D eigenvalue weighted by Crippen LogP contribution is -2.08. The van der Waals surface area contributed by atoms with E-state index in [1.165, 1.54) is 12.3 Å². The highest BCUT2D eigenvalue weighted by Crippen LogP contribution is 2.01. The van der Waals surface area contributed by atoms with Crippen molar-refractivity contribution in [1.29, 1.82) is 0 Å². The molecule has 64 valence electrons. The predicted molar refractivity (Wildman–Crippen MR) is 42.2 cm³/mol. The second-order valence-corrected chi connectivity index (χ2v) is 2.33. The topological polar surface area (TPSA) is 56.0 Å². The van der Waals surface area contributed by atoms with Gasteiger partial charge >= 0.3 is 0 Å². The van der Waals surface area contributed by atoms with Crippen molar-refractivity contribution in [2.24, 2.45) is 5.73 Å². The van der Waals surface area contributed by atoms with E-state index in [1.807, 2.05) is 0 Å². The van der Waals surface area contributed by atoms with E-state index < -0.39 is 5.95 Å². The van der Waals surface area contributed by atoms with Gasteiger partial charge in [-0.2, -0.15) is 4.39 Å². The normalized spacial score (nSPS) is 9.83. The van der Waals surface area contributed by atoms with Crippen molar-refractivity contribution in [2.45, 2.75) is 6.42 Å². The van der Waals surface area contributed by atoms with E-state index in [0.29, 0.717) is 12.1 Å². The molecular formula is C8H9FN2O. The molecule has 1 heterocycles. The lowest BCUT2D eigenvalue weighted by atomic mass is 10.1. The van der Waals surface area contributed by atoms with Gasteiger partial charge in [0.1, 0.15) is 0 Å². The number of Topliss-reactive ketones (excluding diaryl/α,β-unsaturated/α-hetero) is 1. The number of halogens is 1. The molecule has 0 amide bonds. The van der Waals surface area contributed by atoms with Crippen molar-refractivity contribution in [2.75, 3.05) is 6.54 Å². The summed E-state index contributed by atoms with van der Waals surface area (Å²) < 4.78 is 12.3. The Hall–Kier alpha value is -1.29. The van der Waals surface area contributed by atoms with Crippen molar-refractivity contribution in [3.05, 3.63) is 29.8 Å². The van der Waals surface area contributed by atoms with Crippen LogP contribution in [-0.2, 0) is 0 Å². The van der Waals surface area contributed by atoms with Crippen LogP contribution in [0.3, 0.4) is 0 Å². The Bertz CT molecular complexity index is 271. The summed E-state index contributed by atoms with van der Waals surface area (Å²) in [6.45, 7) is 0.302. The first-order valence-electron chi connectivity index (χ1n) is 3.59. The Morgan fingerprint density at radius 3 is 2.83 bits per heavy atom. The number of carbonyl (C=O) groups excluding carboxylic acids is 1. The molecule has 0 unspecified atom stereocenters. The number of hydrogen-bond donors (Lipinski definition) is 1. The molecule has 12 heavy (non-hydrogen) atoms. The van der Waals surface area contributed by atoms with Gasteiger partial charge in [0.25, 0.3) is 0 Å². The van der Waals surface area contributed by atoms with Crippen molar-refractivity contribution in [3.63, 3.8) is 0 Å². The fourth-order valence-electron chi connectivity index (χ4n) is 0.816. The van der Waals surface area contributed by atoms with Crippen LogP contribution in [0.1, 0.15) is 16.8 Å². The zero-order chi connectivity index (χ0) is 8.97. The summed E-state index contributed by atoms with van der Waals surface area (Å²) in [7, 11) is 0. The molecule has 0 atom stereocenters. The van der Waals surface area contributed by atoms with Crippen molar-refractivity contribution in [1.82, 2.24) is 4.98 Å². The van der Waals surface area contributed by atoms with Crippen molar-refractivity contribution >= 4 is 5.78 Å². The summed E-state index contributed by atoms with van der Waals surface area (Å²) in [5.41, 5.74) is 5.59. The van der Waals surface area contributed by atoms with Crippen LogP contribution in [0.2, 0.25) is 0 Å². The number of carbonyl (C=O) groups is 1. The van der Waals surface area contributed by atoms with Gasteiger partial charge in [-0.15, -0.1) is 0 Å². The Morgan fingerprint density at radius 2 is 2.33 bits per heavy atom. The van der Waals surface area contributed by atoms with Gasteiger partial charge in [0.15, 0.2) is 5.78 Å². The molecule has 0 aliphatic heterocycles. The van der Waals surface area contributed by atoms with Gasteiger partial charge in [-0.25, -0.2) is 4.98 Å². The quantitative estimate of drug-likeness (QED) is 0.535. The molecule has 0 radical (unpaired) electrons. The molecule has 4 heteroatoms. The van der Waals surface area contributed by atoms with Crippen LogP contribution in [-0.4, -0.2) is 17.3 Å². The molecule has 3 nitrogen and oxygen atoms in total. The van der Waals surface area contributed by atoms with Crippen molar-refractivity contribution in [3.8, 4) is 0 Å². The minimum Gasteiger partial charge on any atom is -0.330 e. The molecule has 0 saturated heterocycles. The first-order valence-corrected chi connectivity index (χ1v) is 3.59. The number of aromatic nitrogens is 1. The van der Waals surface area contributed by atoms with Gasteiger partial charge in [-0.05, 0) is 18.7 Å². The Morgan fingerprint density at radius 1 is 1.58 bits per heavy atom. The molecule has 0 aliphatic rings.